The summed E-state index contributed by atoms with van der Waals surface area (Å²) in [6, 6.07) is 0. The number of thioether (sulfide) groups is 1. The summed E-state index contributed by atoms with van der Waals surface area (Å²) < 4.78 is 1.06. The molecule has 0 aromatic heterocycles. The van der Waals surface area contributed by atoms with E-state index in [1.54, 1.807) is 0 Å². The molecule has 0 aromatic carbocycles. The Kier molecular flexibility index (Phi) is 4.74. The van der Waals surface area contributed by atoms with Crippen molar-refractivity contribution in [2.45, 2.75) is 0 Å². The van der Waals surface area contributed by atoms with Gasteiger partial charge in [0.15, 0.2) is 0 Å². The van der Waals surface area contributed by atoms with Crippen molar-refractivity contribution in [2.75, 3.05) is 6.26 Å². The standard InChI is InChI=1S/C3H3BrCl2S/c1-7-3(6)2(4)5/h1H3/b3-2-. The SMILES string of the molecule is CS/C(Cl)=C(\Cl)Br. The molecule has 0 bridgehead atoms. The highest BCUT2D eigenvalue weighted by Crippen LogP contribution is 2.27. The van der Waals surface area contributed by atoms with Crippen molar-refractivity contribution in [3.8, 4) is 0 Å². The summed E-state index contributed by atoms with van der Waals surface area (Å²) in [5.41, 5.74) is 0. The lowest BCUT2D eigenvalue weighted by Crippen LogP contribution is -1.56. The molecule has 0 radical (unpaired) electrons. The Morgan fingerprint density at radius 2 is 2.00 bits per heavy atom. The lowest BCUT2D eigenvalue weighted by atomic mass is 11.2. The smallest absolute Gasteiger partial charge is 0.108 e. The second kappa shape index (κ2) is 4.07. The molecule has 0 rings (SSSR count). The second-order valence-corrected chi connectivity index (χ2v) is 3.78. The van der Waals surface area contributed by atoms with Crippen LogP contribution in [0.15, 0.2) is 8.31 Å². The van der Waals surface area contributed by atoms with Gasteiger partial charge in [0.1, 0.15) is 3.94 Å². The summed E-state index contributed by atoms with van der Waals surface area (Å²) in [5.74, 6) is 0. The molecule has 0 amide bonds. The Hall–Kier alpha value is 1.15. The van der Waals surface area contributed by atoms with E-state index in [-0.39, 0.29) is 0 Å². The molecular weight excluding hydrogens is 219 g/mol. The third-order valence-electron chi connectivity index (χ3n) is 0.328. The first-order valence-corrected chi connectivity index (χ1v) is 4.20. The maximum Gasteiger partial charge on any atom is 0.108 e. The topological polar surface area (TPSA) is 0 Å². The van der Waals surface area contributed by atoms with E-state index in [1.807, 2.05) is 6.26 Å². The molecule has 4 heteroatoms. The highest BCUT2D eigenvalue weighted by atomic mass is 79.9. The van der Waals surface area contributed by atoms with E-state index in [0.717, 1.165) is 0 Å². The quantitative estimate of drug-likeness (QED) is 0.655. The van der Waals surface area contributed by atoms with Crippen molar-refractivity contribution < 1.29 is 0 Å². The van der Waals surface area contributed by atoms with Crippen LogP contribution in [0.2, 0.25) is 0 Å². The van der Waals surface area contributed by atoms with Gasteiger partial charge in [-0.1, -0.05) is 23.2 Å². The maximum atomic E-state index is 5.46. The Morgan fingerprint density at radius 3 is 2.00 bits per heavy atom. The number of hydrogen-bond donors (Lipinski definition) is 0. The fraction of sp³-hybridized carbons (Fsp3) is 0.333. The van der Waals surface area contributed by atoms with E-state index >= 15 is 0 Å². The summed E-state index contributed by atoms with van der Waals surface area (Å²) in [4.78, 5) is 0. The summed E-state index contributed by atoms with van der Waals surface area (Å²) in [6.07, 6.45) is 1.85. The molecule has 0 aliphatic carbocycles. The molecular formula is C3H3BrCl2S. The first kappa shape index (κ1) is 8.15. The van der Waals surface area contributed by atoms with Gasteiger partial charge in [-0.05, 0) is 22.2 Å². The van der Waals surface area contributed by atoms with Gasteiger partial charge in [-0.2, -0.15) is 0 Å². The second-order valence-electron chi connectivity index (χ2n) is 0.738. The zero-order valence-corrected chi connectivity index (χ0v) is 7.46. The average Bonchev–Trinajstić information content (AvgIpc) is 1.65. The minimum Gasteiger partial charge on any atom is -0.115 e. The molecule has 0 N–H and O–H groups in total. The predicted octanol–water partition coefficient (Wildman–Crippen LogP) is 3.35. The van der Waals surface area contributed by atoms with Gasteiger partial charge in [0.05, 0.1) is 4.36 Å². The van der Waals surface area contributed by atoms with Gasteiger partial charge in [-0.15, -0.1) is 11.8 Å². The van der Waals surface area contributed by atoms with Crippen LogP contribution in [0.25, 0.3) is 0 Å². The van der Waals surface area contributed by atoms with Gasteiger partial charge in [0.25, 0.3) is 0 Å². The molecule has 0 heterocycles. The summed E-state index contributed by atoms with van der Waals surface area (Å²) in [6.45, 7) is 0. The van der Waals surface area contributed by atoms with Crippen LogP contribution < -0.4 is 0 Å². The minimum atomic E-state index is 0.474. The molecule has 0 aromatic rings. The van der Waals surface area contributed by atoms with Crippen molar-refractivity contribution in [3.63, 3.8) is 0 Å². The molecule has 0 unspecified atom stereocenters. The van der Waals surface area contributed by atoms with Crippen LogP contribution in [0.3, 0.4) is 0 Å². The van der Waals surface area contributed by atoms with Crippen LogP contribution in [-0.4, -0.2) is 6.26 Å². The van der Waals surface area contributed by atoms with Crippen molar-refractivity contribution in [3.05, 3.63) is 8.31 Å². The van der Waals surface area contributed by atoms with Crippen LogP contribution in [0.4, 0.5) is 0 Å². The Morgan fingerprint density at radius 1 is 1.57 bits per heavy atom. The molecule has 0 nitrogen and oxygen atoms in total. The predicted molar refractivity (Wildman–Crippen MR) is 41.2 cm³/mol. The van der Waals surface area contributed by atoms with Crippen molar-refractivity contribution in [1.82, 2.24) is 0 Å². The summed E-state index contributed by atoms with van der Waals surface area (Å²) >= 11 is 15.2. The molecule has 42 valence electrons. The largest absolute Gasteiger partial charge is 0.115 e. The number of rotatable bonds is 1. The van der Waals surface area contributed by atoms with Gasteiger partial charge < -0.3 is 0 Å². The average molecular weight is 222 g/mol. The van der Waals surface area contributed by atoms with Gasteiger partial charge in [0.2, 0.25) is 0 Å². The van der Waals surface area contributed by atoms with Crippen molar-refractivity contribution >= 4 is 50.9 Å². The van der Waals surface area contributed by atoms with Crippen LogP contribution in [-0.2, 0) is 0 Å². The van der Waals surface area contributed by atoms with Crippen LogP contribution in [0.1, 0.15) is 0 Å². The van der Waals surface area contributed by atoms with Crippen LogP contribution in [0, 0.1) is 0 Å². The molecule has 0 aliphatic heterocycles. The van der Waals surface area contributed by atoms with Crippen molar-refractivity contribution in [2.24, 2.45) is 0 Å². The number of halogens is 3. The monoisotopic (exact) mass is 220 g/mol. The van der Waals surface area contributed by atoms with Gasteiger partial charge in [-0.25, -0.2) is 0 Å². The van der Waals surface area contributed by atoms with E-state index in [1.165, 1.54) is 11.8 Å². The molecule has 0 atom stereocenters. The van der Waals surface area contributed by atoms with E-state index < -0.39 is 0 Å². The van der Waals surface area contributed by atoms with Gasteiger partial charge in [0, 0.05) is 0 Å². The van der Waals surface area contributed by atoms with E-state index in [4.69, 9.17) is 23.2 Å². The molecule has 7 heavy (non-hydrogen) atoms. The first-order chi connectivity index (χ1) is 3.18. The van der Waals surface area contributed by atoms with Crippen LogP contribution >= 0.6 is 50.9 Å². The van der Waals surface area contributed by atoms with E-state index in [2.05, 4.69) is 15.9 Å². The van der Waals surface area contributed by atoms with Crippen LogP contribution in [0.5, 0.6) is 0 Å². The Balaban J connectivity index is 3.72. The fourth-order valence-corrected chi connectivity index (χ4v) is 0.949. The Labute approximate surface area is 65.4 Å². The Bertz CT molecular complexity index is 86.9. The number of hydrogen-bond acceptors (Lipinski definition) is 1. The third-order valence-corrected chi connectivity index (χ3v) is 2.83. The van der Waals surface area contributed by atoms with Gasteiger partial charge in [-0.3, -0.25) is 0 Å². The zero-order valence-electron chi connectivity index (χ0n) is 3.54. The van der Waals surface area contributed by atoms with Crippen molar-refractivity contribution in [1.29, 1.82) is 0 Å². The summed E-state index contributed by atoms with van der Waals surface area (Å²) in [5, 5.41) is 0. The highest BCUT2D eigenvalue weighted by molar-refractivity contribution is 9.12. The lowest BCUT2D eigenvalue weighted by Gasteiger charge is -1.86. The molecule has 0 saturated carbocycles. The minimum absolute atomic E-state index is 0.474. The summed E-state index contributed by atoms with van der Waals surface area (Å²) in [7, 11) is 0. The normalized spacial score (nSPS) is 13.7. The maximum absolute atomic E-state index is 5.46. The third kappa shape index (κ3) is 3.71. The van der Waals surface area contributed by atoms with Gasteiger partial charge >= 0.3 is 0 Å². The molecule has 0 aliphatic rings. The lowest BCUT2D eigenvalue weighted by molar-refractivity contribution is 2.29. The molecule has 0 saturated heterocycles. The highest BCUT2D eigenvalue weighted by Gasteiger charge is 1.91. The molecule has 0 fully saturated rings. The van der Waals surface area contributed by atoms with E-state index in [9.17, 15) is 0 Å². The fourth-order valence-electron chi connectivity index (χ4n) is 0.0772. The first-order valence-electron chi connectivity index (χ1n) is 1.43. The molecule has 0 spiro atoms. The zero-order chi connectivity index (χ0) is 5.86. The van der Waals surface area contributed by atoms with E-state index in [0.29, 0.717) is 8.31 Å².